The van der Waals surface area contributed by atoms with Gasteiger partial charge in [-0.05, 0) is 36.2 Å². The SMILES string of the molecule is CCc1ccc(-c2csc(N3CCN(S(=O)(=O)c4ccc(OC)cc4)CC3)n2)cc1. The van der Waals surface area contributed by atoms with Crippen molar-refractivity contribution in [1.82, 2.24) is 9.29 Å². The molecule has 3 aromatic rings. The summed E-state index contributed by atoms with van der Waals surface area (Å²) in [7, 11) is -1.94. The van der Waals surface area contributed by atoms with E-state index in [1.165, 1.54) is 5.56 Å². The number of ether oxygens (including phenoxy) is 1. The molecule has 0 saturated carbocycles. The summed E-state index contributed by atoms with van der Waals surface area (Å²) in [5.74, 6) is 0.641. The van der Waals surface area contributed by atoms with E-state index >= 15 is 0 Å². The minimum absolute atomic E-state index is 0.295. The molecule has 0 aliphatic carbocycles. The first-order chi connectivity index (χ1) is 14.5. The molecular weight excluding hydrogens is 418 g/mol. The molecule has 4 rings (SSSR count). The number of benzene rings is 2. The lowest BCUT2D eigenvalue weighted by Crippen LogP contribution is -2.48. The fraction of sp³-hybridized carbons (Fsp3) is 0.318. The number of rotatable bonds is 6. The Morgan fingerprint density at radius 3 is 2.27 bits per heavy atom. The molecule has 0 bridgehead atoms. The number of anilines is 1. The Balaban J connectivity index is 1.42. The summed E-state index contributed by atoms with van der Waals surface area (Å²) in [5.41, 5.74) is 3.38. The Morgan fingerprint density at radius 2 is 1.67 bits per heavy atom. The van der Waals surface area contributed by atoms with E-state index < -0.39 is 10.0 Å². The molecule has 0 amide bonds. The second-order valence-corrected chi connectivity index (χ2v) is 9.91. The van der Waals surface area contributed by atoms with Crippen molar-refractivity contribution in [2.24, 2.45) is 0 Å². The first-order valence-corrected chi connectivity index (χ1v) is 12.3. The molecule has 1 aliphatic heterocycles. The highest BCUT2D eigenvalue weighted by atomic mass is 32.2. The van der Waals surface area contributed by atoms with Crippen molar-refractivity contribution in [3.8, 4) is 17.0 Å². The Bertz CT molecular complexity index is 1090. The fourth-order valence-electron chi connectivity index (χ4n) is 3.47. The highest BCUT2D eigenvalue weighted by Gasteiger charge is 2.29. The highest BCUT2D eigenvalue weighted by Crippen LogP contribution is 2.29. The van der Waals surface area contributed by atoms with Crippen LogP contribution >= 0.6 is 11.3 Å². The normalized spacial score (nSPS) is 15.3. The van der Waals surface area contributed by atoms with Crippen LogP contribution in [0.15, 0.2) is 58.8 Å². The van der Waals surface area contributed by atoms with Crippen LogP contribution in [0.5, 0.6) is 5.75 Å². The molecule has 1 aliphatic rings. The van der Waals surface area contributed by atoms with E-state index in [0.717, 1.165) is 22.8 Å². The van der Waals surface area contributed by atoms with Crippen LogP contribution < -0.4 is 9.64 Å². The lowest BCUT2D eigenvalue weighted by molar-refractivity contribution is 0.384. The number of methoxy groups -OCH3 is 1. The molecule has 6 nitrogen and oxygen atoms in total. The van der Waals surface area contributed by atoms with Crippen LogP contribution in [0.2, 0.25) is 0 Å². The Labute approximate surface area is 181 Å². The van der Waals surface area contributed by atoms with Gasteiger partial charge in [0.25, 0.3) is 0 Å². The van der Waals surface area contributed by atoms with Gasteiger partial charge in [0.15, 0.2) is 5.13 Å². The van der Waals surface area contributed by atoms with Gasteiger partial charge < -0.3 is 9.64 Å². The number of nitrogens with zero attached hydrogens (tertiary/aromatic N) is 3. The Kier molecular flexibility index (Phi) is 6.08. The zero-order valence-electron chi connectivity index (χ0n) is 17.1. The van der Waals surface area contributed by atoms with Crippen LogP contribution in [0.3, 0.4) is 0 Å². The van der Waals surface area contributed by atoms with E-state index in [4.69, 9.17) is 9.72 Å². The topological polar surface area (TPSA) is 62.7 Å². The molecule has 158 valence electrons. The summed E-state index contributed by atoms with van der Waals surface area (Å²) in [4.78, 5) is 7.24. The van der Waals surface area contributed by atoms with Crippen molar-refractivity contribution in [3.05, 3.63) is 59.5 Å². The van der Waals surface area contributed by atoms with Gasteiger partial charge in [0, 0.05) is 37.1 Å². The van der Waals surface area contributed by atoms with Crippen molar-refractivity contribution < 1.29 is 13.2 Å². The fourth-order valence-corrected chi connectivity index (χ4v) is 5.78. The molecule has 1 saturated heterocycles. The third kappa shape index (κ3) is 4.21. The number of aryl methyl sites for hydroxylation is 1. The number of piperazine rings is 1. The first kappa shape index (κ1) is 20.8. The van der Waals surface area contributed by atoms with Gasteiger partial charge in [-0.1, -0.05) is 31.2 Å². The number of hydrogen-bond donors (Lipinski definition) is 0. The maximum Gasteiger partial charge on any atom is 0.243 e. The van der Waals surface area contributed by atoms with Crippen LogP contribution in [0.1, 0.15) is 12.5 Å². The summed E-state index contributed by atoms with van der Waals surface area (Å²) in [6, 6.07) is 15.0. The molecule has 30 heavy (non-hydrogen) atoms. The van der Waals surface area contributed by atoms with Crippen LogP contribution in [-0.4, -0.2) is 51.0 Å². The van der Waals surface area contributed by atoms with Crippen molar-refractivity contribution in [3.63, 3.8) is 0 Å². The molecule has 0 unspecified atom stereocenters. The van der Waals surface area contributed by atoms with E-state index in [1.54, 1.807) is 47.0 Å². The first-order valence-electron chi connectivity index (χ1n) is 9.95. The number of sulfonamides is 1. The predicted octanol–water partition coefficient (Wildman–Crippen LogP) is 3.89. The van der Waals surface area contributed by atoms with Gasteiger partial charge in [0.1, 0.15) is 5.75 Å². The van der Waals surface area contributed by atoms with Crippen molar-refractivity contribution in [2.45, 2.75) is 18.2 Å². The third-order valence-electron chi connectivity index (χ3n) is 5.36. The summed E-state index contributed by atoms with van der Waals surface area (Å²) in [6.45, 7) is 4.27. The maximum atomic E-state index is 12.9. The molecule has 0 spiro atoms. The van der Waals surface area contributed by atoms with Crippen molar-refractivity contribution >= 4 is 26.5 Å². The van der Waals surface area contributed by atoms with E-state index in [0.29, 0.717) is 36.8 Å². The summed E-state index contributed by atoms with van der Waals surface area (Å²) in [5, 5.41) is 3.00. The molecular formula is C22H25N3O3S2. The minimum Gasteiger partial charge on any atom is -0.497 e. The van der Waals surface area contributed by atoms with Crippen LogP contribution in [0.4, 0.5) is 5.13 Å². The lowest BCUT2D eigenvalue weighted by Gasteiger charge is -2.33. The zero-order chi connectivity index (χ0) is 21.1. The smallest absolute Gasteiger partial charge is 0.243 e. The molecule has 0 atom stereocenters. The average molecular weight is 444 g/mol. The van der Waals surface area contributed by atoms with Gasteiger partial charge in [0.05, 0.1) is 17.7 Å². The minimum atomic E-state index is -3.50. The molecule has 8 heteroatoms. The van der Waals surface area contributed by atoms with Crippen LogP contribution in [-0.2, 0) is 16.4 Å². The number of hydrogen-bond acceptors (Lipinski definition) is 6. The van der Waals surface area contributed by atoms with E-state index in [-0.39, 0.29) is 0 Å². The molecule has 0 N–H and O–H groups in total. The average Bonchev–Trinajstić information content (AvgIpc) is 3.29. The monoisotopic (exact) mass is 443 g/mol. The molecule has 1 aromatic heterocycles. The van der Waals surface area contributed by atoms with Gasteiger partial charge in [-0.2, -0.15) is 4.31 Å². The predicted molar refractivity (Wildman–Crippen MR) is 121 cm³/mol. The summed E-state index contributed by atoms with van der Waals surface area (Å²) < 4.78 is 32.5. The second kappa shape index (κ2) is 8.75. The Morgan fingerprint density at radius 1 is 1.00 bits per heavy atom. The largest absolute Gasteiger partial charge is 0.497 e. The summed E-state index contributed by atoms with van der Waals surface area (Å²) >= 11 is 1.60. The van der Waals surface area contributed by atoms with E-state index in [2.05, 4.69) is 41.5 Å². The highest BCUT2D eigenvalue weighted by molar-refractivity contribution is 7.89. The third-order valence-corrected chi connectivity index (χ3v) is 8.17. The van der Waals surface area contributed by atoms with Gasteiger partial charge >= 0.3 is 0 Å². The van der Waals surface area contributed by atoms with Crippen LogP contribution in [0.25, 0.3) is 11.3 Å². The molecule has 0 radical (unpaired) electrons. The summed E-state index contributed by atoms with van der Waals surface area (Å²) in [6.07, 6.45) is 1.02. The molecule has 1 fully saturated rings. The molecule has 2 heterocycles. The van der Waals surface area contributed by atoms with Crippen molar-refractivity contribution in [1.29, 1.82) is 0 Å². The van der Waals surface area contributed by atoms with Gasteiger partial charge in [-0.3, -0.25) is 0 Å². The maximum absolute atomic E-state index is 12.9. The number of thiazole rings is 1. The number of aromatic nitrogens is 1. The van der Waals surface area contributed by atoms with E-state index in [9.17, 15) is 8.42 Å². The van der Waals surface area contributed by atoms with Crippen molar-refractivity contribution in [2.75, 3.05) is 38.2 Å². The standard InChI is InChI=1S/C22H25N3O3S2/c1-3-17-4-6-18(7-5-17)21-16-29-22(23-21)24-12-14-25(15-13-24)30(26,27)20-10-8-19(28-2)9-11-20/h4-11,16H,3,12-15H2,1-2H3. The zero-order valence-corrected chi connectivity index (χ0v) is 18.7. The van der Waals surface area contributed by atoms with Gasteiger partial charge in [-0.25, -0.2) is 13.4 Å². The van der Waals surface area contributed by atoms with E-state index in [1.807, 2.05) is 0 Å². The lowest BCUT2D eigenvalue weighted by atomic mass is 10.1. The quantitative estimate of drug-likeness (QED) is 0.578. The van der Waals surface area contributed by atoms with Gasteiger partial charge in [-0.15, -0.1) is 11.3 Å². The van der Waals surface area contributed by atoms with Crippen LogP contribution in [0, 0.1) is 0 Å². The Hall–Kier alpha value is -2.42. The van der Waals surface area contributed by atoms with Gasteiger partial charge in [0.2, 0.25) is 10.0 Å². The second-order valence-electron chi connectivity index (χ2n) is 7.13. The molecule has 2 aromatic carbocycles.